The number of fused-ring (bicyclic) bond motifs is 1. The van der Waals surface area contributed by atoms with E-state index in [4.69, 9.17) is 33.4 Å². The second-order valence-electron chi connectivity index (χ2n) is 7.63. The van der Waals surface area contributed by atoms with Crippen LogP contribution >= 0.6 is 34.5 Å². The fraction of sp³-hybridized carbons (Fsp3) is 0.0435. The number of pyridine rings is 1. The van der Waals surface area contributed by atoms with Crippen molar-refractivity contribution in [1.82, 2.24) is 15.2 Å². The van der Waals surface area contributed by atoms with E-state index in [1.165, 1.54) is 30.5 Å². The first kappa shape index (κ1) is 24.8. The summed E-state index contributed by atoms with van der Waals surface area (Å²) in [7, 11) is 0. The van der Waals surface area contributed by atoms with Crippen LogP contribution < -0.4 is 11.1 Å². The Kier molecular flexibility index (Phi) is 6.18. The summed E-state index contributed by atoms with van der Waals surface area (Å²) in [5.41, 5.74) is 4.99. The summed E-state index contributed by atoms with van der Waals surface area (Å²) >= 11 is 12.8. The van der Waals surface area contributed by atoms with Crippen LogP contribution in [0.1, 0.15) is 25.9 Å². The number of aromatic nitrogens is 3. The molecule has 5 rings (SSSR count). The molecule has 4 heterocycles. The molecule has 0 aliphatic carbocycles. The van der Waals surface area contributed by atoms with Gasteiger partial charge in [0.05, 0.1) is 22.7 Å². The van der Waals surface area contributed by atoms with Gasteiger partial charge in [0, 0.05) is 21.5 Å². The molecule has 0 atom stereocenters. The highest BCUT2D eigenvalue weighted by molar-refractivity contribution is 7.21. The van der Waals surface area contributed by atoms with E-state index in [-0.39, 0.29) is 37.8 Å². The lowest BCUT2D eigenvalue weighted by Gasteiger charge is -2.10. The second kappa shape index (κ2) is 9.21. The molecule has 0 spiro atoms. The first-order valence-electron chi connectivity index (χ1n) is 10.2. The molecule has 0 saturated carbocycles. The summed E-state index contributed by atoms with van der Waals surface area (Å²) in [6, 6.07) is 9.87. The SMILES string of the molecule is NC(=O)c1sc2nc(C(F)(F)F)cc(-c3ccco3)c2c1NC(=O)c1cc(-c2ccc(Cl)cc2Cl)n[nH]1. The Morgan fingerprint density at radius 2 is 1.89 bits per heavy atom. The van der Waals surface area contributed by atoms with E-state index >= 15 is 0 Å². The summed E-state index contributed by atoms with van der Waals surface area (Å²) in [6.45, 7) is 0. The molecule has 0 unspecified atom stereocenters. The van der Waals surface area contributed by atoms with E-state index in [1.54, 1.807) is 12.1 Å². The minimum absolute atomic E-state index is 0.0183. The maximum atomic E-state index is 13.5. The van der Waals surface area contributed by atoms with Crippen LogP contribution in [0.4, 0.5) is 18.9 Å². The largest absolute Gasteiger partial charge is 0.464 e. The van der Waals surface area contributed by atoms with Crippen LogP contribution in [-0.2, 0) is 6.18 Å². The number of hydrogen-bond donors (Lipinski definition) is 3. The normalized spacial score (nSPS) is 11.7. The zero-order valence-corrected chi connectivity index (χ0v) is 20.4. The highest BCUT2D eigenvalue weighted by Gasteiger charge is 2.35. The number of nitrogens with one attached hydrogen (secondary N) is 2. The fourth-order valence-electron chi connectivity index (χ4n) is 3.62. The van der Waals surface area contributed by atoms with Crippen molar-refractivity contribution < 1.29 is 27.2 Å². The molecule has 1 aromatic carbocycles. The average Bonchev–Trinajstić information content (AvgIpc) is 3.58. The zero-order valence-electron chi connectivity index (χ0n) is 18.1. The molecule has 14 heteroatoms. The third kappa shape index (κ3) is 4.66. The summed E-state index contributed by atoms with van der Waals surface area (Å²) in [4.78, 5) is 28.6. The Balaban J connectivity index is 1.61. The van der Waals surface area contributed by atoms with Gasteiger partial charge < -0.3 is 15.5 Å². The summed E-state index contributed by atoms with van der Waals surface area (Å²) in [5, 5.41) is 10.0. The minimum atomic E-state index is -4.77. The molecule has 8 nitrogen and oxygen atoms in total. The van der Waals surface area contributed by atoms with Gasteiger partial charge in [-0.2, -0.15) is 18.3 Å². The second-order valence-corrected chi connectivity index (χ2v) is 9.47. The van der Waals surface area contributed by atoms with Gasteiger partial charge in [-0.1, -0.05) is 23.2 Å². The molecule has 0 fully saturated rings. The number of carbonyl (C=O) groups excluding carboxylic acids is 2. The number of nitrogens with two attached hydrogens (primary N) is 1. The van der Waals surface area contributed by atoms with Gasteiger partial charge in [0.25, 0.3) is 11.8 Å². The van der Waals surface area contributed by atoms with Crippen molar-refractivity contribution in [2.45, 2.75) is 6.18 Å². The van der Waals surface area contributed by atoms with Gasteiger partial charge in [0.2, 0.25) is 0 Å². The molecule has 0 saturated heterocycles. The average molecular weight is 566 g/mol. The van der Waals surface area contributed by atoms with Crippen LogP contribution in [0.25, 0.3) is 32.8 Å². The Labute approximate surface area is 219 Å². The van der Waals surface area contributed by atoms with Crippen molar-refractivity contribution in [3.63, 3.8) is 0 Å². The van der Waals surface area contributed by atoms with E-state index in [2.05, 4.69) is 20.5 Å². The molecule has 2 amide bonds. The maximum absolute atomic E-state index is 13.5. The number of aromatic amines is 1. The molecule has 4 aromatic heterocycles. The molecular weight excluding hydrogens is 554 g/mol. The van der Waals surface area contributed by atoms with Crippen LogP contribution in [-0.4, -0.2) is 27.0 Å². The number of furan rings is 1. The first-order chi connectivity index (χ1) is 17.5. The molecule has 0 radical (unpaired) electrons. The third-order valence-corrected chi connectivity index (χ3v) is 6.88. The number of benzene rings is 1. The number of anilines is 1. The number of H-pyrrole nitrogens is 1. The number of thiophene rings is 1. The Bertz CT molecular complexity index is 1680. The highest BCUT2D eigenvalue weighted by atomic mass is 35.5. The number of nitrogens with zero attached hydrogens (tertiary/aromatic N) is 2. The van der Waals surface area contributed by atoms with Crippen LogP contribution in [0.2, 0.25) is 10.0 Å². The highest BCUT2D eigenvalue weighted by Crippen LogP contribution is 2.44. The smallest absolute Gasteiger partial charge is 0.433 e. The van der Waals surface area contributed by atoms with Gasteiger partial charge >= 0.3 is 6.18 Å². The van der Waals surface area contributed by atoms with Gasteiger partial charge in [-0.15, -0.1) is 11.3 Å². The van der Waals surface area contributed by atoms with E-state index in [0.717, 1.165) is 6.07 Å². The van der Waals surface area contributed by atoms with E-state index in [9.17, 15) is 22.8 Å². The Morgan fingerprint density at radius 3 is 2.54 bits per heavy atom. The molecule has 188 valence electrons. The fourth-order valence-corrected chi connectivity index (χ4v) is 5.13. The number of carbonyl (C=O) groups is 2. The quantitative estimate of drug-likeness (QED) is 0.220. The van der Waals surface area contributed by atoms with Gasteiger partial charge in [0.15, 0.2) is 0 Å². The maximum Gasteiger partial charge on any atom is 0.433 e. The van der Waals surface area contributed by atoms with E-state index < -0.39 is 23.7 Å². The lowest BCUT2D eigenvalue weighted by atomic mass is 10.1. The molecule has 4 N–H and O–H groups in total. The summed E-state index contributed by atoms with van der Waals surface area (Å²) in [6.07, 6.45) is -3.49. The minimum Gasteiger partial charge on any atom is -0.464 e. The zero-order chi connectivity index (χ0) is 26.5. The predicted octanol–water partition coefficient (Wildman–Crippen LogP) is 6.62. The van der Waals surface area contributed by atoms with Crippen molar-refractivity contribution >= 4 is 62.3 Å². The summed E-state index contributed by atoms with van der Waals surface area (Å²) < 4.78 is 46.0. The Morgan fingerprint density at radius 1 is 1.11 bits per heavy atom. The molecular formula is C23H12Cl2F3N5O3S. The summed E-state index contributed by atoms with van der Waals surface area (Å²) in [5.74, 6) is -1.63. The van der Waals surface area contributed by atoms with Crippen LogP contribution in [0.3, 0.4) is 0 Å². The van der Waals surface area contributed by atoms with Crippen LogP contribution in [0, 0.1) is 0 Å². The molecule has 0 bridgehead atoms. The van der Waals surface area contributed by atoms with Crippen molar-refractivity contribution in [2.24, 2.45) is 5.73 Å². The molecule has 0 aliphatic rings. The number of amides is 2. The number of primary amides is 1. The van der Waals surface area contributed by atoms with Crippen molar-refractivity contribution in [3.05, 3.63) is 75.0 Å². The standard InChI is InChI=1S/C23H12Cl2F3N5O3S/c24-9-3-4-10(12(25)6-9)13-8-14(33-32-13)21(35)31-18-17-11(15-2-1-5-36-15)7-16(23(26,27)28)30-22(17)37-19(18)20(29)34/h1-8H,(H2,29,34)(H,31,35)(H,32,33). The van der Waals surface area contributed by atoms with Crippen molar-refractivity contribution in [3.8, 4) is 22.6 Å². The lowest BCUT2D eigenvalue weighted by Crippen LogP contribution is -2.17. The van der Waals surface area contributed by atoms with Gasteiger partial charge in [-0.05, 0) is 42.5 Å². The lowest BCUT2D eigenvalue weighted by molar-refractivity contribution is -0.140. The number of alkyl halides is 3. The van der Waals surface area contributed by atoms with Gasteiger partial charge in [-0.3, -0.25) is 14.7 Å². The van der Waals surface area contributed by atoms with Crippen molar-refractivity contribution in [1.29, 1.82) is 0 Å². The van der Waals surface area contributed by atoms with Crippen molar-refractivity contribution in [2.75, 3.05) is 5.32 Å². The van der Waals surface area contributed by atoms with E-state index in [1.807, 2.05) is 0 Å². The third-order valence-electron chi connectivity index (χ3n) is 5.23. The van der Waals surface area contributed by atoms with Gasteiger partial charge in [-0.25, -0.2) is 4.98 Å². The monoisotopic (exact) mass is 565 g/mol. The Hall–Kier alpha value is -3.87. The predicted molar refractivity (Wildman–Crippen MR) is 133 cm³/mol. The van der Waals surface area contributed by atoms with Crippen LogP contribution in [0.15, 0.2) is 53.1 Å². The first-order valence-corrected chi connectivity index (χ1v) is 11.8. The molecule has 37 heavy (non-hydrogen) atoms. The number of hydrogen-bond acceptors (Lipinski definition) is 6. The van der Waals surface area contributed by atoms with Crippen LogP contribution in [0.5, 0.6) is 0 Å². The molecule has 5 aromatic rings. The topological polar surface area (TPSA) is 127 Å². The molecule has 0 aliphatic heterocycles. The van der Waals surface area contributed by atoms with E-state index in [0.29, 0.717) is 32.6 Å². The number of halogens is 5. The van der Waals surface area contributed by atoms with Gasteiger partial charge in [0.1, 0.15) is 26.9 Å². The number of rotatable bonds is 5.